The lowest BCUT2D eigenvalue weighted by Crippen LogP contribution is -2.12. The van der Waals surface area contributed by atoms with Crippen molar-refractivity contribution in [2.45, 2.75) is 6.61 Å². The van der Waals surface area contributed by atoms with E-state index >= 15 is 0 Å². The fourth-order valence-corrected chi connectivity index (χ4v) is 2.71. The summed E-state index contributed by atoms with van der Waals surface area (Å²) in [6.07, 6.45) is 1.38. The van der Waals surface area contributed by atoms with Gasteiger partial charge in [0.25, 0.3) is 0 Å². The number of carbonyl (C=O) groups excluding carboxylic acids is 1. The molecule has 23 heavy (non-hydrogen) atoms. The molecule has 2 rings (SSSR count). The van der Waals surface area contributed by atoms with Gasteiger partial charge in [0.05, 0.1) is 24.0 Å². The summed E-state index contributed by atoms with van der Waals surface area (Å²) in [5, 5.41) is 9.07. The van der Waals surface area contributed by atoms with Crippen molar-refractivity contribution in [1.82, 2.24) is 4.57 Å². The van der Waals surface area contributed by atoms with Crippen molar-refractivity contribution in [1.29, 1.82) is 5.26 Å². The van der Waals surface area contributed by atoms with Crippen LogP contribution in [0.1, 0.15) is 16.1 Å². The van der Waals surface area contributed by atoms with Gasteiger partial charge in [-0.2, -0.15) is 14.0 Å². The van der Waals surface area contributed by atoms with Gasteiger partial charge >= 0.3 is 12.6 Å². The van der Waals surface area contributed by atoms with Gasteiger partial charge < -0.3 is 19.8 Å². The van der Waals surface area contributed by atoms with Crippen LogP contribution in [0.15, 0.2) is 24.4 Å². The van der Waals surface area contributed by atoms with Crippen LogP contribution >= 0.6 is 22.6 Å². The maximum atomic E-state index is 12.2. The molecule has 0 bridgehead atoms. The van der Waals surface area contributed by atoms with Crippen LogP contribution in [0.25, 0.3) is 5.69 Å². The number of nitrogens with two attached hydrogens (primary N) is 1. The Hall–Kier alpha value is -2.35. The molecule has 0 unspecified atom stereocenters. The predicted octanol–water partition coefficient (Wildman–Crippen LogP) is 2.92. The summed E-state index contributed by atoms with van der Waals surface area (Å²) in [4.78, 5) is 11.9. The van der Waals surface area contributed by atoms with E-state index in [2.05, 4.69) is 9.47 Å². The molecule has 0 radical (unpaired) electrons. The molecular formula is C14H10F2IN3O3. The van der Waals surface area contributed by atoms with Crippen LogP contribution in [0, 0.1) is 14.9 Å². The van der Waals surface area contributed by atoms with E-state index in [-0.39, 0.29) is 22.7 Å². The molecule has 6 nitrogen and oxygen atoms in total. The molecule has 0 aliphatic carbocycles. The molecule has 0 spiro atoms. The smallest absolute Gasteiger partial charge is 0.387 e. The number of ether oxygens (including phenoxy) is 2. The maximum Gasteiger partial charge on any atom is 0.387 e. The Morgan fingerprint density at radius 3 is 2.70 bits per heavy atom. The van der Waals surface area contributed by atoms with Gasteiger partial charge in [0.1, 0.15) is 11.8 Å². The number of nitrogen functional groups attached to an aromatic ring is 1. The third-order valence-electron chi connectivity index (χ3n) is 2.95. The zero-order valence-electron chi connectivity index (χ0n) is 11.7. The van der Waals surface area contributed by atoms with Gasteiger partial charge in [-0.05, 0) is 40.8 Å². The number of benzene rings is 1. The Labute approximate surface area is 143 Å². The van der Waals surface area contributed by atoms with E-state index in [1.807, 2.05) is 28.7 Å². The van der Waals surface area contributed by atoms with Gasteiger partial charge in [-0.1, -0.05) is 0 Å². The molecule has 2 aromatic rings. The zero-order valence-corrected chi connectivity index (χ0v) is 13.9. The highest BCUT2D eigenvalue weighted by Gasteiger charge is 2.22. The minimum atomic E-state index is -2.94. The Morgan fingerprint density at radius 1 is 1.48 bits per heavy atom. The van der Waals surface area contributed by atoms with E-state index in [9.17, 15) is 13.6 Å². The van der Waals surface area contributed by atoms with Gasteiger partial charge in [-0.15, -0.1) is 0 Å². The average Bonchev–Trinajstić information content (AvgIpc) is 2.82. The fourth-order valence-electron chi connectivity index (χ4n) is 1.96. The molecule has 0 fully saturated rings. The number of anilines is 1. The quantitative estimate of drug-likeness (QED) is 0.592. The Balaban J connectivity index is 2.58. The van der Waals surface area contributed by atoms with Gasteiger partial charge in [0.2, 0.25) is 0 Å². The highest BCUT2D eigenvalue weighted by Crippen LogP contribution is 2.29. The summed E-state index contributed by atoms with van der Waals surface area (Å²) >= 11 is 1.90. The van der Waals surface area contributed by atoms with Gasteiger partial charge in [-0.3, -0.25) is 0 Å². The minimum Gasteiger partial charge on any atom is -0.464 e. The Bertz CT molecular complexity index is 799. The van der Waals surface area contributed by atoms with Crippen molar-refractivity contribution in [2.75, 3.05) is 12.8 Å². The molecule has 0 saturated heterocycles. The second kappa shape index (κ2) is 6.82. The Morgan fingerprint density at radius 2 is 2.17 bits per heavy atom. The molecule has 0 aliphatic heterocycles. The average molecular weight is 433 g/mol. The molecule has 0 atom stereocenters. The molecule has 9 heteroatoms. The van der Waals surface area contributed by atoms with E-state index in [0.717, 1.165) is 0 Å². The van der Waals surface area contributed by atoms with Crippen molar-refractivity contribution in [3.63, 3.8) is 0 Å². The SMILES string of the molecule is COC(=O)c1c(N)c(C#N)cn1-c1ccc(OC(F)F)cc1I. The first kappa shape index (κ1) is 17.0. The first-order valence-electron chi connectivity index (χ1n) is 6.13. The topological polar surface area (TPSA) is 90.3 Å². The first-order valence-corrected chi connectivity index (χ1v) is 7.20. The molecule has 1 heterocycles. The third-order valence-corrected chi connectivity index (χ3v) is 3.81. The zero-order chi connectivity index (χ0) is 17.1. The molecule has 1 aromatic carbocycles. The van der Waals surface area contributed by atoms with Crippen LogP contribution in [-0.4, -0.2) is 24.3 Å². The van der Waals surface area contributed by atoms with Crippen molar-refractivity contribution in [3.8, 4) is 17.5 Å². The number of rotatable bonds is 4. The largest absolute Gasteiger partial charge is 0.464 e. The third kappa shape index (κ3) is 3.37. The van der Waals surface area contributed by atoms with Gasteiger partial charge in [0.15, 0.2) is 5.69 Å². The van der Waals surface area contributed by atoms with E-state index in [4.69, 9.17) is 11.0 Å². The van der Waals surface area contributed by atoms with E-state index in [1.165, 1.54) is 36.1 Å². The lowest BCUT2D eigenvalue weighted by Gasteiger charge is -2.12. The molecule has 0 amide bonds. The number of methoxy groups -OCH3 is 1. The second-order valence-electron chi connectivity index (χ2n) is 4.27. The number of nitriles is 1. The summed E-state index contributed by atoms with van der Waals surface area (Å²) in [6.45, 7) is -2.94. The number of esters is 1. The summed E-state index contributed by atoms with van der Waals surface area (Å²) in [5.74, 6) is -0.735. The number of aromatic nitrogens is 1. The minimum absolute atomic E-state index is 0.00973. The number of nitrogens with zero attached hydrogens (tertiary/aromatic N) is 2. The van der Waals surface area contributed by atoms with Gasteiger partial charge in [-0.25, -0.2) is 4.79 Å². The van der Waals surface area contributed by atoms with E-state index < -0.39 is 12.6 Å². The molecule has 1 aromatic heterocycles. The number of alkyl halides is 2. The first-order chi connectivity index (χ1) is 10.9. The fraction of sp³-hybridized carbons (Fsp3) is 0.143. The highest BCUT2D eigenvalue weighted by atomic mass is 127. The monoisotopic (exact) mass is 433 g/mol. The van der Waals surface area contributed by atoms with Crippen LogP contribution in [0.2, 0.25) is 0 Å². The summed E-state index contributed by atoms with van der Waals surface area (Å²) < 4.78 is 35.4. The number of carbonyl (C=O) groups is 1. The van der Waals surface area contributed by atoms with Crippen LogP contribution in [0.5, 0.6) is 5.75 Å². The van der Waals surface area contributed by atoms with Crippen LogP contribution in [-0.2, 0) is 4.74 Å². The summed E-state index contributed by atoms with van der Waals surface area (Å²) in [7, 11) is 1.19. The maximum absolute atomic E-state index is 12.2. The van der Waals surface area contributed by atoms with Crippen molar-refractivity contribution in [2.24, 2.45) is 0 Å². The summed E-state index contributed by atoms with van der Waals surface area (Å²) in [5.41, 5.74) is 6.36. The normalized spacial score (nSPS) is 10.4. The number of hydrogen-bond acceptors (Lipinski definition) is 5. The molecule has 120 valence electrons. The number of hydrogen-bond donors (Lipinski definition) is 1. The van der Waals surface area contributed by atoms with Crippen LogP contribution in [0.4, 0.5) is 14.5 Å². The molecule has 0 saturated carbocycles. The molecular weight excluding hydrogens is 423 g/mol. The van der Waals surface area contributed by atoms with Crippen molar-refractivity contribution in [3.05, 3.63) is 39.2 Å². The lowest BCUT2D eigenvalue weighted by molar-refractivity contribution is -0.0498. The van der Waals surface area contributed by atoms with Crippen LogP contribution < -0.4 is 10.5 Å². The van der Waals surface area contributed by atoms with E-state index in [1.54, 1.807) is 0 Å². The molecule has 0 aliphatic rings. The van der Waals surface area contributed by atoms with Crippen LogP contribution in [0.3, 0.4) is 0 Å². The van der Waals surface area contributed by atoms with Crippen molar-refractivity contribution >= 4 is 34.2 Å². The second-order valence-corrected chi connectivity index (χ2v) is 5.43. The van der Waals surface area contributed by atoms with Crippen molar-refractivity contribution < 1.29 is 23.0 Å². The molecule has 2 N–H and O–H groups in total. The lowest BCUT2D eigenvalue weighted by atomic mass is 10.2. The standard InChI is InChI=1S/C14H10F2IN3O3/c1-22-13(21)12-11(19)7(5-18)6-20(12)10-3-2-8(4-9(10)17)23-14(15)16/h2-4,6,14H,19H2,1H3. The Kier molecular flexibility index (Phi) is 5.05. The summed E-state index contributed by atoms with van der Waals surface area (Å²) in [6, 6.07) is 6.07. The predicted molar refractivity (Wildman–Crippen MR) is 85.6 cm³/mol. The van der Waals surface area contributed by atoms with E-state index in [0.29, 0.717) is 9.26 Å². The number of halogens is 3. The van der Waals surface area contributed by atoms with Gasteiger partial charge in [0, 0.05) is 9.77 Å². The highest BCUT2D eigenvalue weighted by molar-refractivity contribution is 14.1.